The van der Waals surface area contributed by atoms with Crippen molar-refractivity contribution in [2.24, 2.45) is 17.8 Å². The first kappa shape index (κ1) is 21.3. The molecule has 1 saturated heterocycles. The van der Waals surface area contributed by atoms with Crippen LogP contribution in [0.25, 0.3) is 0 Å². The third-order valence-electron chi connectivity index (χ3n) is 8.02. The highest BCUT2D eigenvalue weighted by molar-refractivity contribution is 7.89. The van der Waals surface area contributed by atoms with Crippen molar-refractivity contribution >= 4 is 15.9 Å². The van der Waals surface area contributed by atoms with Gasteiger partial charge in [-0.15, -0.1) is 0 Å². The molecule has 31 heavy (non-hydrogen) atoms. The number of methoxy groups -OCH3 is 1. The Hall–Kier alpha value is -1.60. The van der Waals surface area contributed by atoms with E-state index in [1.165, 1.54) is 19.3 Å². The largest absolute Gasteiger partial charge is 0.496 e. The highest BCUT2D eigenvalue weighted by Crippen LogP contribution is 2.55. The minimum Gasteiger partial charge on any atom is -0.496 e. The van der Waals surface area contributed by atoms with Crippen LogP contribution in [0.2, 0.25) is 0 Å². The van der Waals surface area contributed by atoms with E-state index in [-0.39, 0.29) is 11.4 Å². The van der Waals surface area contributed by atoms with Crippen molar-refractivity contribution < 1.29 is 17.9 Å². The Balaban J connectivity index is 1.27. The maximum atomic E-state index is 12.9. The molecule has 1 amide bonds. The van der Waals surface area contributed by atoms with Crippen molar-refractivity contribution in [2.45, 2.75) is 74.6 Å². The van der Waals surface area contributed by atoms with E-state index < -0.39 is 10.0 Å². The van der Waals surface area contributed by atoms with Crippen molar-refractivity contribution in [2.75, 3.05) is 20.2 Å². The monoisotopic (exact) mass is 446 g/mol. The van der Waals surface area contributed by atoms with Crippen LogP contribution in [-0.2, 0) is 21.2 Å². The van der Waals surface area contributed by atoms with E-state index in [2.05, 4.69) is 5.32 Å². The van der Waals surface area contributed by atoms with Gasteiger partial charge in [-0.3, -0.25) is 4.79 Å². The minimum absolute atomic E-state index is 0.0108. The summed E-state index contributed by atoms with van der Waals surface area (Å²) in [5, 5.41) is 3.42. The summed E-state index contributed by atoms with van der Waals surface area (Å²) in [6.45, 7) is 1.16. The summed E-state index contributed by atoms with van der Waals surface area (Å²) in [6.07, 6.45) is 10.1. The number of amides is 1. The molecule has 7 heteroatoms. The zero-order valence-electron chi connectivity index (χ0n) is 18.4. The Bertz CT molecular complexity index is 917. The van der Waals surface area contributed by atoms with Crippen LogP contribution in [0.15, 0.2) is 23.1 Å². The molecule has 0 unspecified atom stereocenters. The molecular weight excluding hydrogens is 412 g/mol. The number of aryl methyl sites for hydroxylation is 1. The molecule has 0 radical (unpaired) electrons. The number of ether oxygens (including phenoxy) is 1. The first-order valence-corrected chi connectivity index (χ1v) is 13.3. The van der Waals surface area contributed by atoms with Gasteiger partial charge in [0.1, 0.15) is 5.75 Å². The van der Waals surface area contributed by atoms with Gasteiger partial charge in [0.2, 0.25) is 15.9 Å². The number of hydrogen-bond acceptors (Lipinski definition) is 4. The van der Waals surface area contributed by atoms with Crippen molar-refractivity contribution in [3.63, 3.8) is 0 Å². The highest BCUT2D eigenvalue weighted by Gasteiger charge is 2.51. The van der Waals surface area contributed by atoms with Crippen LogP contribution in [-0.4, -0.2) is 44.4 Å². The Morgan fingerprint density at radius 2 is 1.71 bits per heavy atom. The van der Waals surface area contributed by atoms with Crippen LogP contribution >= 0.6 is 0 Å². The molecule has 170 valence electrons. The number of carbonyl (C=O) groups excluding carboxylic acids is 1. The molecular formula is C24H34N2O4S. The van der Waals surface area contributed by atoms with Crippen LogP contribution in [0.4, 0.5) is 0 Å². The summed E-state index contributed by atoms with van der Waals surface area (Å²) in [5.41, 5.74) is 0.792. The summed E-state index contributed by atoms with van der Waals surface area (Å²) in [7, 11) is -1.90. The molecule has 4 saturated carbocycles. The van der Waals surface area contributed by atoms with Crippen LogP contribution in [0.1, 0.15) is 63.4 Å². The number of sulfonamides is 1. The van der Waals surface area contributed by atoms with Gasteiger partial charge in [-0.25, -0.2) is 8.42 Å². The zero-order chi connectivity index (χ0) is 21.6. The standard InChI is InChI=1S/C24H34N2O4S/c1-30-22-6-5-21(31(28,29)26-8-2-3-9-26)13-20(22)4-7-23(27)25-24-14-17-10-18(15-24)12-19(11-17)16-24/h5-6,13,17-19H,2-4,7-12,14-16H2,1H3,(H,25,27). The van der Waals surface area contributed by atoms with Crippen LogP contribution < -0.4 is 10.1 Å². The van der Waals surface area contributed by atoms with Crippen LogP contribution in [0.5, 0.6) is 5.75 Å². The van der Waals surface area contributed by atoms with Gasteiger partial charge in [0.25, 0.3) is 0 Å². The normalized spacial score (nSPS) is 32.4. The summed E-state index contributed by atoms with van der Waals surface area (Å²) in [4.78, 5) is 13.2. The third-order valence-corrected chi connectivity index (χ3v) is 9.91. The van der Waals surface area contributed by atoms with Gasteiger partial charge in [0.15, 0.2) is 0 Å². The number of nitrogens with one attached hydrogen (secondary N) is 1. The third kappa shape index (κ3) is 4.11. The molecule has 1 aliphatic heterocycles. The second-order valence-corrected chi connectivity index (χ2v) is 12.3. The lowest BCUT2D eigenvalue weighted by atomic mass is 9.53. The highest BCUT2D eigenvalue weighted by atomic mass is 32.2. The molecule has 5 aliphatic rings. The van der Waals surface area contributed by atoms with E-state index in [0.717, 1.165) is 55.4 Å². The predicted molar refractivity (Wildman–Crippen MR) is 118 cm³/mol. The molecule has 5 fully saturated rings. The maximum absolute atomic E-state index is 12.9. The average Bonchev–Trinajstić information content (AvgIpc) is 3.26. The van der Waals surface area contributed by atoms with Crippen molar-refractivity contribution in [3.8, 4) is 5.75 Å². The van der Waals surface area contributed by atoms with E-state index in [9.17, 15) is 13.2 Å². The molecule has 0 spiro atoms. The molecule has 0 atom stereocenters. The summed E-state index contributed by atoms with van der Waals surface area (Å²) in [5.74, 6) is 3.09. The van der Waals surface area contributed by atoms with Gasteiger partial charge >= 0.3 is 0 Å². The fourth-order valence-corrected chi connectivity index (χ4v) is 8.63. The van der Waals surface area contributed by atoms with Crippen LogP contribution in [0, 0.1) is 17.8 Å². The predicted octanol–water partition coefficient (Wildman–Crippen LogP) is 3.50. The van der Waals surface area contributed by atoms with Crippen molar-refractivity contribution in [3.05, 3.63) is 23.8 Å². The summed E-state index contributed by atoms with van der Waals surface area (Å²) in [6, 6.07) is 5.03. The van der Waals surface area contributed by atoms with E-state index in [0.29, 0.717) is 36.6 Å². The van der Waals surface area contributed by atoms with Gasteiger partial charge < -0.3 is 10.1 Å². The molecule has 1 aromatic carbocycles. The Labute approximate surface area is 185 Å². The van der Waals surface area contributed by atoms with Gasteiger partial charge in [-0.05, 0) is 99.3 Å². The lowest BCUT2D eigenvalue weighted by Gasteiger charge is -2.56. The number of hydrogen-bond donors (Lipinski definition) is 1. The summed E-state index contributed by atoms with van der Waals surface area (Å²) < 4.78 is 32.9. The molecule has 1 N–H and O–H groups in total. The minimum atomic E-state index is -3.48. The van der Waals surface area contributed by atoms with Crippen LogP contribution in [0.3, 0.4) is 0 Å². The molecule has 4 aliphatic carbocycles. The van der Waals surface area contributed by atoms with Crippen molar-refractivity contribution in [1.82, 2.24) is 9.62 Å². The maximum Gasteiger partial charge on any atom is 0.243 e. The number of nitrogens with zero attached hydrogens (tertiary/aromatic N) is 1. The van der Waals surface area contributed by atoms with Gasteiger partial charge in [0, 0.05) is 25.0 Å². The Kier molecular flexibility index (Phi) is 5.53. The molecule has 0 aromatic heterocycles. The lowest BCUT2D eigenvalue weighted by Crippen LogP contribution is -2.59. The number of carbonyl (C=O) groups is 1. The Morgan fingerprint density at radius 3 is 2.29 bits per heavy atom. The van der Waals surface area contributed by atoms with E-state index in [4.69, 9.17) is 4.74 Å². The molecule has 6 rings (SSSR count). The van der Waals surface area contributed by atoms with E-state index in [1.807, 2.05) is 0 Å². The number of rotatable bonds is 7. The average molecular weight is 447 g/mol. The second-order valence-electron chi connectivity index (χ2n) is 10.3. The van der Waals surface area contributed by atoms with Crippen molar-refractivity contribution in [1.29, 1.82) is 0 Å². The van der Waals surface area contributed by atoms with E-state index in [1.54, 1.807) is 29.6 Å². The SMILES string of the molecule is COc1ccc(S(=O)(=O)N2CCCC2)cc1CCC(=O)NC12CC3CC(CC(C3)C1)C2. The topological polar surface area (TPSA) is 75.7 Å². The lowest BCUT2D eigenvalue weighted by molar-refractivity contribution is -0.126. The Morgan fingerprint density at radius 1 is 1.10 bits per heavy atom. The fraction of sp³-hybridized carbons (Fsp3) is 0.708. The smallest absolute Gasteiger partial charge is 0.243 e. The zero-order valence-corrected chi connectivity index (χ0v) is 19.3. The first-order chi connectivity index (χ1) is 14.9. The fourth-order valence-electron chi connectivity index (χ4n) is 7.06. The summed E-state index contributed by atoms with van der Waals surface area (Å²) >= 11 is 0. The molecule has 6 nitrogen and oxygen atoms in total. The first-order valence-electron chi connectivity index (χ1n) is 11.8. The second kappa shape index (κ2) is 8.07. The molecule has 1 heterocycles. The number of benzene rings is 1. The van der Waals surface area contributed by atoms with Gasteiger partial charge in [-0.2, -0.15) is 4.31 Å². The quantitative estimate of drug-likeness (QED) is 0.696. The van der Waals surface area contributed by atoms with Gasteiger partial charge in [0.05, 0.1) is 12.0 Å². The molecule has 1 aromatic rings. The van der Waals surface area contributed by atoms with Gasteiger partial charge in [-0.1, -0.05) is 0 Å². The van der Waals surface area contributed by atoms with E-state index >= 15 is 0 Å². The molecule has 4 bridgehead atoms.